The minimum atomic E-state index is -0.468. The molecule has 1 unspecified atom stereocenters. The first-order valence-corrected chi connectivity index (χ1v) is 5.53. The van der Waals surface area contributed by atoms with Gasteiger partial charge in [-0.2, -0.15) is 0 Å². The van der Waals surface area contributed by atoms with Gasteiger partial charge in [-0.15, -0.1) is 13.2 Å². The molecule has 0 rings (SSSR count). The maximum atomic E-state index is 11.9. The third-order valence-corrected chi connectivity index (χ3v) is 1.99. The number of hydrogen-bond acceptors (Lipinski definition) is 2. The van der Waals surface area contributed by atoms with Crippen molar-refractivity contribution < 1.29 is 9.53 Å². The number of carbonyl (C=O) groups excluding carboxylic acids is 1. The molecule has 16 heavy (non-hydrogen) atoms. The fraction of sp³-hybridized carbons (Fsp3) is 0.615. The largest absolute Gasteiger partial charge is 0.444 e. The van der Waals surface area contributed by atoms with Gasteiger partial charge in [0, 0.05) is 12.6 Å². The number of carbonyl (C=O) groups is 1. The van der Waals surface area contributed by atoms with Crippen LogP contribution in [0, 0.1) is 0 Å². The van der Waals surface area contributed by atoms with Crippen LogP contribution in [-0.2, 0) is 4.74 Å². The van der Waals surface area contributed by atoms with Crippen molar-refractivity contribution in [2.45, 2.75) is 45.8 Å². The van der Waals surface area contributed by atoms with Gasteiger partial charge in [-0.1, -0.05) is 12.2 Å². The van der Waals surface area contributed by atoms with Crippen molar-refractivity contribution in [3.63, 3.8) is 0 Å². The molecule has 92 valence electrons. The lowest BCUT2D eigenvalue weighted by Gasteiger charge is -2.30. The fourth-order valence-electron chi connectivity index (χ4n) is 1.26. The highest BCUT2D eigenvalue weighted by Crippen LogP contribution is 2.13. The Labute approximate surface area is 98.8 Å². The van der Waals surface area contributed by atoms with Crippen molar-refractivity contribution in [3.05, 3.63) is 25.3 Å². The normalized spacial score (nSPS) is 12.8. The molecule has 0 spiro atoms. The molecular weight excluding hydrogens is 202 g/mol. The van der Waals surface area contributed by atoms with Gasteiger partial charge in [0.1, 0.15) is 5.60 Å². The van der Waals surface area contributed by atoms with Crippen LogP contribution in [0.25, 0.3) is 0 Å². The summed E-state index contributed by atoms with van der Waals surface area (Å²) in [5, 5.41) is 0. The molecule has 0 bridgehead atoms. The summed E-state index contributed by atoms with van der Waals surface area (Å²) in [5.74, 6) is 0. The third kappa shape index (κ3) is 5.59. The van der Waals surface area contributed by atoms with Gasteiger partial charge in [-0.3, -0.25) is 0 Å². The van der Waals surface area contributed by atoms with E-state index in [1.807, 2.05) is 27.7 Å². The van der Waals surface area contributed by atoms with Gasteiger partial charge in [0.25, 0.3) is 0 Å². The molecule has 3 heteroatoms. The molecule has 0 aliphatic rings. The molecule has 3 nitrogen and oxygen atoms in total. The van der Waals surface area contributed by atoms with E-state index in [1.54, 1.807) is 17.1 Å². The molecule has 0 radical (unpaired) electrons. The summed E-state index contributed by atoms with van der Waals surface area (Å²) in [6, 6.07) is 0.0744. The molecule has 0 fully saturated rings. The van der Waals surface area contributed by atoms with Crippen molar-refractivity contribution in [1.82, 2.24) is 4.90 Å². The first-order valence-electron chi connectivity index (χ1n) is 5.53. The molecule has 1 atom stereocenters. The fourth-order valence-corrected chi connectivity index (χ4v) is 1.26. The number of hydrogen-bond donors (Lipinski definition) is 0. The average Bonchev–Trinajstić information content (AvgIpc) is 2.11. The zero-order valence-electron chi connectivity index (χ0n) is 10.8. The SMILES string of the molecule is C=CCC(C)N(CC=C)C(=O)OC(C)(C)C. The highest BCUT2D eigenvalue weighted by molar-refractivity contribution is 5.68. The van der Waals surface area contributed by atoms with Gasteiger partial charge in [0.05, 0.1) is 0 Å². The minimum Gasteiger partial charge on any atom is -0.444 e. The van der Waals surface area contributed by atoms with Crippen molar-refractivity contribution in [2.24, 2.45) is 0 Å². The van der Waals surface area contributed by atoms with Crippen LogP contribution in [0.4, 0.5) is 4.79 Å². The minimum absolute atomic E-state index is 0.0744. The molecule has 0 aromatic heterocycles. The van der Waals surface area contributed by atoms with Crippen molar-refractivity contribution in [3.8, 4) is 0 Å². The Balaban J connectivity index is 4.57. The number of ether oxygens (including phenoxy) is 1. The van der Waals surface area contributed by atoms with Gasteiger partial charge >= 0.3 is 6.09 Å². The molecule has 0 aromatic rings. The molecule has 0 aromatic carbocycles. The lowest BCUT2D eigenvalue weighted by molar-refractivity contribution is 0.0205. The zero-order valence-corrected chi connectivity index (χ0v) is 10.8. The quantitative estimate of drug-likeness (QED) is 0.671. The van der Waals surface area contributed by atoms with Crippen LogP contribution in [0.15, 0.2) is 25.3 Å². The first-order chi connectivity index (χ1) is 7.31. The molecule has 1 amide bonds. The van der Waals surface area contributed by atoms with E-state index in [4.69, 9.17) is 4.74 Å². The molecule has 0 aliphatic heterocycles. The summed E-state index contributed by atoms with van der Waals surface area (Å²) in [7, 11) is 0. The van der Waals surface area contributed by atoms with Gasteiger partial charge in [0.15, 0.2) is 0 Å². The molecule has 0 aliphatic carbocycles. The Kier molecular flexibility index (Phi) is 5.86. The van der Waals surface area contributed by atoms with E-state index in [2.05, 4.69) is 13.2 Å². The zero-order chi connectivity index (χ0) is 12.8. The second-order valence-electron chi connectivity index (χ2n) is 4.79. The van der Waals surface area contributed by atoms with Crippen LogP contribution in [0.5, 0.6) is 0 Å². The van der Waals surface area contributed by atoms with E-state index in [9.17, 15) is 4.79 Å². The van der Waals surface area contributed by atoms with Crippen LogP contribution < -0.4 is 0 Å². The summed E-state index contributed by atoms with van der Waals surface area (Å²) in [4.78, 5) is 13.5. The highest BCUT2D eigenvalue weighted by Gasteiger charge is 2.24. The Hall–Kier alpha value is -1.25. The van der Waals surface area contributed by atoms with Crippen LogP contribution in [0.2, 0.25) is 0 Å². The third-order valence-electron chi connectivity index (χ3n) is 1.99. The Morgan fingerprint density at radius 3 is 2.31 bits per heavy atom. The predicted octanol–water partition coefficient (Wildman–Crippen LogP) is 3.37. The maximum Gasteiger partial charge on any atom is 0.410 e. The van der Waals surface area contributed by atoms with Gasteiger partial charge in [0.2, 0.25) is 0 Å². The van der Waals surface area contributed by atoms with Crippen LogP contribution in [0.3, 0.4) is 0 Å². The summed E-state index contributed by atoms with van der Waals surface area (Å²) < 4.78 is 5.32. The van der Waals surface area contributed by atoms with E-state index < -0.39 is 5.60 Å². The standard InChI is InChI=1S/C13H23NO2/c1-7-9-11(3)14(10-8-2)12(15)16-13(4,5)6/h7-8,11H,1-2,9-10H2,3-6H3. The van der Waals surface area contributed by atoms with E-state index in [1.165, 1.54) is 0 Å². The summed E-state index contributed by atoms with van der Waals surface area (Å²) in [6.45, 7) is 15.3. The lowest BCUT2D eigenvalue weighted by atomic mass is 10.2. The van der Waals surface area contributed by atoms with Crippen molar-refractivity contribution in [2.75, 3.05) is 6.54 Å². The molecular formula is C13H23NO2. The average molecular weight is 225 g/mol. The van der Waals surface area contributed by atoms with E-state index >= 15 is 0 Å². The van der Waals surface area contributed by atoms with Crippen LogP contribution in [-0.4, -0.2) is 29.2 Å². The van der Waals surface area contributed by atoms with Crippen molar-refractivity contribution >= 4 is 6.09 Å². The maximum absolute atomic E-state index is 11.9. The molecule has 0 saturated carbocycles. The Morgan fingerprint density at radius 2 is 1.94 bits per heavy atom. The number of rotatable bonds is 5. The molecule has 0 N–H and O–H groups in total. The van der Waals surface area contributed by atoms with Gasteiger partial charge < -0.3 is 9.64 Å². The van der Waals surface area contributed by atoms with E-state index in [-0.39, 0.29) is 12.1 Å². The van der Waals surface area contributed by atoms with Crippen LogP contribution in [0.1, 0.15) is 34.1 Å². The second kappa shape index (κ2) is 6.36. The Morgan fingerprint density at radius 1 is 1.38 bits per heavy atom. The second-order valence-corrected chi connectivity index (χ2v) is 4.79. The smallest absolute Gasteiger partial charge is 0.410 e. The summed E-state index contributed by atoms with van der Waals surface area (Å²) in [6.07, 6.45) is 3.93. The Bertz CT molecular complexity index is 253. The van der Waals surface area contributed by atoms with Crippen LogP contribution >= 0.6 is 0 Å². The first kappa shape index (κ1) is 14.8. The lowest BCUT2D eigenvalue weighted by Crippen LogP contribution is -2.42. The van der Waals surface area contributed by atoms with Crippen molar-refractivity contribution in [1.29, 1.82) is 0 Å². The summed E-state index contributed by atoms with van der Waals surface area (Å²) in [5.41, 5.74) is -0.468. The number of nitrogens with zero attached hydrogens (tertiary/aromatic N) is 1. The monoisotopic (exact) mass is 225 g/mol. The van der Waals surface area contributed by atoms with E-state index in [0.717, 1.165) is 6.42 Å². The number of amides is 1. The molecule has 0 heterocycles. The van der Waals surface area contributed by atoms with E-state index in [0.29, 0.717) is 6.54 Å². The topological polar surface area (TPSA) is 29.5 Å². The van der Waals surface area contributed by atoms with Gasteiger partial charge in [-0.25, -0.2) is 4.79 Å². The predicted molar refractivity (Wildman–Crippen MR) is 67.4 cm³/mol. The summed E-state index contributed by atoms with van der Waals surface area (Å²) >= 11 is 0. The van der Waals surface area contributed by atoms with Gasteiger partial charge in [-0.05, 0) is 34.1 Å². The highest BCUT2D eigenvalue weighted by atomic mass is 16.6. The molecule has 0 saturated heterocycles.